The van der Waals surface area contributed by atoms with Crippen LogP contribution in [0.2, 0.25) is 0 Å². The lowest BCUT2D eigenvalue weighted by atomic mass is 9.98. The van der Waals surface area contributed by atoms with Crippen molar-refractivity contribution in [1.29, 1.82) is 0 Å². The quantitative estimate of drug-likeness (QED) is 0.434. The van der Waals surface area contributed by atoms with Gasteiger partial charge in [0.25, 0.3) is 0 Å². The number of rotatable bonds is 8. The van der Waals surface area contributed by atoms with Crippen LogP contribution in [0.1, 0.15) is 44.2 Å². The van der Waals surface area contributed by atoms with E-state index in [2.05, 4.69) is 20.6 Å². The lowest BCUT2D eigenvalue weighted by Crippen LogP contribution is -2.37. The molecule has 0 saturated heterocycles. The van der Waals surface area contributed by atoms with Crippen molar-refractivity contribution in [3.8, 4) is 5.88 Å². The van der Waals surface area contributed by atoms with Gasteiger partial charge < -0.3 is 20.1 Å². The number of nitrogens with zero attached hydrogens (tertiary/aromatic N) is 2. The molecule has 1 aliphatic carbocycles. The Hall–Kier alpha value is -1.82. The lowest BCUT2D eigenvalue weighted by molar-refractivity contribution is 0.0277. The molecule has 24 heavy (non-hydrogen) atoms. The van der Waals surface area contributed by atoms with E-state index in [0.29, 0.717) is 18.5 Å². The van der Waals surface area contributed by atoms with Gasteiger partial charge in [-0.05, 0) is 25.3 Å². The van der Waals surface area contributed by atoms with Crippen molar-refractivity contribution in [3.63, 3.8) is 0 Å². The smallest absolute Gasteiger partial charge is 0.213 e. The molecule has 0 aliphatic heterocycles. The van der Waals surface area contributed by atoms with Crippen LogP contribution in [-0.2, 0) is 11.3 Å². The fraction of sp³-hybridized carbons (Fsp3) is 0.667. The molecule has 1 aromatic rings. The second kappa shape index (κ2) is 10.9. The van der Waals surface area contributed by atoms with Crippen LogP contribution >= 0.6 is 0 Å². The average Bonchev–Trinajstić information content (AvgIpc) is 2.65. The maximum atomic E-state index is 5.93. The fourth-order valence-electron chi connectivity index (χ4n) is 2.83. The molecule has 1 saturated carbocycles. The van der Waals surface area contributed by atoms with Crippen molar-refractivity contribution in [1.82, 2.24) is 15.6 Å². The van der Waals surface area contributed by atoms with Gasteiger partial charge in [0.2, 0.25) is 5.88 Å². The van der Waals surface area contributed by atoms with Crippen molar-refractivity contribution in [3.05, 3.63) is 23.9 Å². The minimum absolute atomic E-state index is 0.482. The van der Waals surface area contributed by atoms with Gasteiger partial charge in [0.15, 0.2) is 5.96 Å². The van der Waals surface area contributed by atoms with Crippen LogP contribution < -0.4 is 15.4 Å². The van der Waals surface area contributed by atoms with Crippen LogP contribution in [0.3, 0.4) is 0 Å². The summed E-state index contributed by atoms with van der Waals surface area (Å²) < 4.78 is 11.1. The Balaban J connectivity index is 1.59. The zero-order valence-corrected chi connectivity index (χ0v) is 14.9. The first-order valence-corrected chi connectivity index (χ1v) is 8.88. The Labute approximate surface area is 145 Å². The van der Waals surface area contributed by atoms with Crippen molar-refractivity contribution in [2.24, 2.45) is 4.99 Å². The molecule has 0 atom stereocenters. The SMILES string of the molecule is CN=C(NCCCOC1CCCCC1)NCc1cccc(OC)n1. The van der Waals surface area contributed by atoms with Gasteiger partial charge in [0.1, 0.15) is 0 Å². The normalized spacial score (nSPS) is 16.0. The Kier molecular flexibility index (Phi) is 8.38. The van der Waals surface area contributed by atoms with E-state index >= 15 is 0 Å². The second-order valence-electron chi connectivity index (χ2n) is 6.01. The highest BCUT2D eigenvalue weighted by atomic mass is 16.5. The zero-order valence-electron chi connectivity index (χ0n) is 14.9. The largest absolute Gasteiger partial charge is 0.481 e. The zero-order chi connectivity index (χ0) is 17.0. The topological polar surface area (TPSA) is 67.8 Å². The average molecular weight is 334 g/mol. The maximum absolute atomic E-state index is 5.93. The van der Waals surface area contributed by atoms with Crippen LogP contribution in [0.5, 0.6) is 5.88 Å². The molecule has 0 aromatic carbocycles. The molecule has 0 bridgehead atoms. The van der Waals surface area contributed by atoms with Crippen LogP contribution in [0, 0.1) is 0 Å². The van der Waals surface area contributed by atoms with Crippen molar-refractivity contribution in [2.45, 2.75) is 51.2 Å². The van der Waals surface area contributed by atoms with E-state index in [1.54, 1.807) is 14.2 Å². The van der Waals surface area contributed by atoms with E-state index < -0.39 is 0 Å². The maximum Gasteiger partial charge on any atom is 0.213 e. The highest BCUT2D eigenvalue weighted by molar-refractivity contribution is 5.79. The number of ether oxygens (including phenoxy) is 2. The first-order valence-electron chi connectivity index (χ1n) is 8.88. The van der Waals surface area contributed by atoms with E-state index in [1.165, 1.54) is 32.1 Å². The molecule has 6 nitrogen and oxygen atoms in total. The molecule has 1 heterocycles. The van der Waals surface area contributed by atoms with Crippen molar-refractivity contribution < 1.29 is 9.47 Å². The van der Waals surface area contributed by atoms with Gasteiger partial charge in [0, 0.05) is 26.3 Å². The minimum Gasteiger partial charge on any atom is -0.481 e. The highest BCUT2D eigenvalue weighted by Crippen LogP contribution is 2.20. The summed E-state index contributed by atoms with van der Waals surface area (Å²) in [4.78, 5) is 8.60. The number of pyridine rings is 1. The van der Waals surface area contributed by atoms with E-state index in [0.717, 1.165) is 31.2 Å². The van der Waals surface area contributed by atoms with Crippen LogP contribution in [0.15, 0.2) is 23.2 Å². The molecule has 0 amide bonds. The summed E-state index contributed by atoms with van der Waals surface area (Å²) in [6.45, 7) is 2.26. The summed E-state index contributed by atoms with van der Waals surface area (Å²) in [5.74, 6) is 1.40. The van der Waals surface area contributed by atoms with Crippen LogP contribution in [0.25, 0.3) is 0 Å². The van der Waals surface area contributed by atoms with Gasteiger partial charge in [-0.15, -0.1) is 0 Å². The molecule has 0 radical (unpaired) electrons. The minimum atomic E-state index is 0.482. The standard InChI is InChI=1S/C18H30N4O2/c1-19-18(21-14-15-8-6-11-17(22-15)23-2)20-12-7-13-24-16-9-4-3-5-10-16/h6,8,11,16H,3-5,7,9-10,12-14H2,1-2H3,(H2,19,20,21). The van der Waals surface area contributed by atoms with Gasteiger partial charge >= 0.3 is 0 Å². The van der Waals surface area contributed by atoms with Gasteiger partial charge in [-0.3, -0.25) is 4.99 Å². The summed E-state index contributed by atoms with van der Waals surface area (Å²) >= 11 is 0. The second-order valence-corrected chi connectivity index (χ2v) is 6.01. The number of guanidine groups is 1. The van der Waals surface area contributed by atoms with Crippen LogP contribution in [0.4, 0.5) is 0 Å². The Bertz CT molecular complexity index is 502. The number of aliphatic imine (C=N–C) groups is 1. The fourth-order valence-corrected chi connectivity index (χ4v) is 2.83. The molecule has 0 unspecified atom stereocenters. The van der Waals surface area contributed by atoms with E-state index in [4.69, 9.17) is 9.47 Å². The van der Waals surface area contributed by atoms with Gasteiger partial charge in [-0.1, -0.05) is 25.3 Å². The molecule has 1 aromatic heterocycles. The molecule has 0 spiro atoms. The number of hydrogen-bond donors (Lipinski definition) is 2. The molecule has 2 N–H and O–H groups in total. The number of hydrogen-bond acceptors (Lipinski definition) is 4. The Morgan fingerprint density at radius 1 is 1.25 bits per heavy atom. The summed E-state index contributed by atoms with van der Waals surface area (Å²) in [6, 6.07) is 5.73. The number of nitrogens with one attached hydrogen (secondary N) is 2. The van der Waals surface area contributed by atoms with Gasteiger partial charge in [0.05, 0.1) is 25.5 Å². The van der Waals surface area contributed by atoms with Crippen LogP contribution in [-0.4, -0.2) is 44.4 Å². The van der Waals surface area contributed by atoms with Gasteiger partial charge in [-0.25, -0.2) is 4.98 Å². The number of methoxy groups -OCH3 is 1. The summed E-state index contributed by atoms with van der Waals surface area (Å²) in [5, 5.41) is 6.56. The molecule has 1 aliphatic rings. The summed E-state index contributed by atoms with van der Waals surface area (Å²) in [6.07, 6.45) is 7.92. The third-order valence-electron chi connectivity index (χ3n) is 4.17. The summed E-state index contributed by atoms with van der Waals surface area (Å²) in [7, 11) is 3.39. The van der Waals surface area contributed by atoms with Gasteiger partial charge in [-0.2, -0.15) is 0 Å². The van der Waals surface area contributed by atoms with Crippen molar-refractivity contribution >= 4 is 5.96 Å². The summed E-state index contributed by atoms with van der Waals surface area (Å²) in [5.41, 5.74) is 0.915. The highest BCUT2D eigenvalue weighted by Gasteiger charge is 2.12. The third-order valence-corrected chi connectivity index (χ3v) is 4.17. The predicted octanol–water partition coefficient (Wildman–Crippen LogP) is 2.49. The molecule has 1 fully saturated rings. The number of aromatic nitrogens is 1. The first-order chi connectivity index (χ1) is 11.8. The van der Waals surface area contributed by atoms with Crippen molar-refractivity contribution in [2.75, 3.05) is 27.3 Å². The molecular formula is C18H30N4O2. The lowest BCUT2D eigenvalue weighted by Gasteiger charge is -2.22. The molecular weight excluding hydrogens is 304 g/mol. The van der Waals surface area contributed by atoms with E-state index in [9.17, 15) is 0 Å². The molecule has 6 heteroatoms. The Morgan fingerprint density at radius 2 is 2.08 bits per heavy atom. The molecule has 2 rings (SSSR count). The van der Waals surface area contributed by atoms with E-state index in [-0.39, 0.29) is 0 Å². The molecule has 134 valence electrons. The van der Waals surface area contributed by atoms with E-state index in [1.807, 2.05) is 18.2 Å². The first kappa shape index (κ1) is 18.5. The Morgan fingerprint density at radius 3 is 2.83 bits per heavy atom. The monoisotopic (exact) mass is 334 g/mol. The third kappa shape index (κ3) is 6.74. The predicted molar refractivity (Wildman–Crippen MR) is 96.4 cm³/mol.